The molecule has 1 aromatic rings. The molecule has 4 bridgehead atoms. The van der Waals surface area contributed by atoms with Crippen LogP contribution in [0.4, 0.5) is 4.39 Å². The molecule has 134 valence electrons. The number of benzene rings is 1. The zero-order valence-corrected chi connectivity index (χ0v) is 14.3. The topological polar surface area (TPSA) is 63.6 Å². The van der Waals surface area contributed by atoms with E-state index in [4.69, 9.17) is 4.74 Å². The Hall–Kier alpha value is -1.75. The predicted octanol–water partition coefficient (Wildman–Crippen LogP) is 3.27. The Balaban J connectivity index is 1.48. The van der Waals surface area contributed by atoms with E-state index in [1.54, 1.807) is 6.92 Å². The highest BCUT2D eigenvalue weighted by molar-refractivity contribution is 6.00. The highest BCUT2D eigenvalue weighted by Crippen LogP contribution is 2.62. The molecule has 5 atom stereocenters. The lowest BCUT2D eigenvalue weighted by atomic mass is 9.48. The van der Waals surface area contributed by atoms with Crippen molar-refractivity contribution in [2.45, 2.75) is 57.2 Å². The summed E-state index contributed by atoms with van der Waals surface area (Å²) < 4.78 is 18.5. The minimum atomic E-state index is -0.916. The van der Waals surface area contributed by atoms with E-state index in [1.165, 1.54) is 24.3 Å². The van der Waals surface area contributed by atoms with Gasteiger partial charge in [-0.1, -0.05) is 0 Å². The first-order chi connectivity index (χ1) is 11.8. The van der Waals surface area contributed by atoms with Crippen molar-refractivity contribution >= 4 is 11.8 Å². The Morgan fingerprint density at radius 3 is 2.32 bits per heavy atom. The van der Waals surface area contributed by atoms with E-state index in [0.29, 0.717) is 23.8 Å². The summed E-state index contributed by atoms with van der Waals surface area (Å²) in [5.74, 6) is -0.355. The number of carbonyl (C=O) groups is 2. The molecule has 1 N–H and O–H groups in total. The number of carbonyl (C=O) groups excluding carboxylic acids is 2. The summed E-state index contributed by atoms with van der Waals surface area (Å²) >= 11 is 0. The minimum absolute atomic E-state index is 0.325. The van der Waals surface area contributed by atoms with Crippen molar-refractivity contribution in [3.63, 3.8) is 0 Å². The van der Waals surface area contributed by atoms with Crippen LogP contribution in [0.1, 0.15) is 55.8 Å². The fourth-order valence-electron chi connectivity index (χ4n) is 5.64. The second-order valence-electron chi connectivity index (χ2n) is 8.38. The molecule has 4 saturated carbocycles. The van der Waals surface area contributed by atoms with Gasteiger partial charge in [0.1, 0.15) is 5.82 Å². The van der Waals surface area contributed by atoms with Gasteiger partial charge in [-0.15, -0.1) is 0 Å². The molecule has 0 amide bonds. The molecule has 0 spiro atoms. The van der Waals surface area contributed by atoms with Crippen LogP contribution in [0.3, 0.4) is 0 Å². The highest BCUT2D eigenvalue weighted by atomic mass is 19.1. The first kappa shape index (κ1) is 16.7. The lowest BCUT2D eigenvalue weighted by molar-refractivity contribution is -0.197. The Morgan fingerprint density at radius 2 is 1.76 bits per heavy atom. The number of ketones is 1. The second-order valence-corrected chi connectivity index (χ2v) is 8.38. The van der Waals surface area contributed by atoms with Gasteiger partial charge in [0.05, 0.1) is 11.0 Å². The molecule has 4 aliphatic carbocycles. The van der Waals surface area contributed by atoms with Crippen molar-refractivity contribution in [1.29, 1.82) is 0 Å². The zero-order valence-electron chi connectivity index (χ0n) is 14.3. The Kier molecular flexibility index (Phi) is 3.76. The lowest BCUT2D eigenvalue weighted by Crippen LogP contribution is -2.58. The lowest BCUT2D eigenvalue weighted by Gasteiger charge is -2.58. The molecule has 4 fully saturated rings. The van der Waals surface area contributed by atoms with Crippen molar-refractivity contribution in [2.24, 2.45) is 17.3 Å². The third-order valence-corrected chi connectivity index (χ3v) is 6.25. The normalized spacial score (nSPS) is 36.9. The van der Waals surface area contributed by atoms with Crippen molar-refractivity contribution in [1.82, 2.24) is 0 Å². The molecule has 0 heterocycles. The van der Waals surface area contributed by atoms with E-state index in [-0.39, 0.29) is 11.8 Å². The number of ether oxygens (including phenoxy) is 1. The maximum absolute atomic E-state index is 13.0. The fourth-order valence-corrected chi connectivity index (χ4v) is 5.64. The molecule has 25 heavy (non-hydrogen) atoms. The third kappa shape index (κ3) is 2.88. The maximum atomic E-state index is 13.0. The number of esters is 1. The van der Waals surface area contributed by atoms with Crippen LogP contribution in [0, 0.1) is 23.1 Å². The summed E-state index contributed by atoms with van der Waals surface area (Å²) in [6.45, 7) is 1.55. The van der Waals surface area contributed by atoms with Crippen LogP contribution < -0.4 is 0 Å². The highest BCUT2D eigenvalue weighted by Gasteiger charge is 2.61. The quantitative estimate of drug-likeness (QED) is 0.671. The van der Waals surface area contributed by atoms with E-state index in [2.05, 4.69) is 0 Å². The standard InChI is InChI=1S/C20H23FO4/c1-12(17(22)15-2-4-16(21)5-3-15)25-18(23)19-7-13-6-14(8-19)10-20(24,9-13)11-19/h2-5,12-14,24H,6-11H2,1H3/t12-,13-,14+,19?,20?/m1/s1. The molecule has 2 unspecified atom stereocenters. The van der Waals surface area contributed by atoms with E-state index < -0.39 is 22.9 Å². The van der Waals surface area contributed by atoms with Crippen LogP contribution in [-0.2, 0) is 9.53 Å². The summed E-state index contributed by atoms with van der Waals surface area (Å²) in [4.78, 5) is 25.3. The molecular weight excluding hydrogens is 323 g/mol. The van der Waals surface area contributed by atoms with Crippen molar-refractivity contribution in [2.75, 3.05) is 0 Å². The van der Waals surface area contributed by atoms with E-state index >= 15 is 0 Å². The fraction of sp³-hybridized carbons (Fsp3) is 0.600. The van der Waals surface area contributed by atoms with Gasteiger partial charge in [0.25, 0.3) is 0 Å². The first-order valence-electron chi connectivity index (χ1n) is 9.02. The van der Waals surface area contributed by atoms with Crippen molar-refractivity contribution < 1.29 is 23.8 Å². The summed E-state index contributed by atoms with van der Waals surface area (Å²) in [6.07, 6.45) is 3.68. The number of rotatable bonds is 4. The number of Topliss-reactive ketones (excluding diaryl/α,β-unsaturated/α-hetero) is 1. The molecular formula is C20H23FO4. The second kappa shape index (κ2) is 5.63. The van der Waals surface area contributed by atoms with Gasteiger partial charge in [0, 0.05) is 5.56 Å². The monoisotopic (exact) mass is 346 g/mol. The molecule has 4 nitrogen and oxygen atoms in total. The van der Waals surface area contributed by atoms with E-state index in [0.717, 1.165) is 32.1 Å². The number of hydrogen-bond donors (Lipinski definition) is 1. The Morgan fingerprint density at radius 1 is 1.16 bits per heavy atom. The summed E-state index contributed by atoms with van der Waals surface area (Å²) in [5, 5.41) is 10.8. The SMILES string of the molecule is C[C@@H](OC(=O)C12C[C@@H]3C[C@@H](CC(O)(C3)C1)C2)C(=O)c1ccc(F)cc1. The molecule has 0 radical (unpaired) electrons. The Bertz CT molecular complexity index is 697. The largest absolute Gasteiger partial charge is 0.454 e. The molecule has 5 rings (SSSR count). The summed E-state index contributed by atoms with van der Waals surface area (Å²) in [6, 6.07) is 5.23. The van der Waals surface area contributed by atoms with Gasteiger partial charge < -0.3 is 9.84 Å². The summed E-state index contributed by atoms with van der Waals surface area (Å²) in [5.41, 5.74) is -1.06. The van der Waals surface area contributed by atoms with Crippen molar-refractivity contribution in [3.05, 3.63) is 35.6 Å². The molecule has 0 aliphatic heterocycles. The smallest absolute Gasteiger partial charge is 0.312 e. The predicted molar refractivity (Wildman–Crippen MR) is 88.3 cm³/mol. The van der Waals surface area contributed by atoms with Crippen LogP contribution in [0.5, 0.6) is 0 Å². The van der Waals surface area contributed by atoms with Crippen LogP contribution in [-0.4, -0.2) is 28.6 Å². The number of aliphatic hydroxyl groups is 1. The zero-order chi connectivity index (χ0) is 17.8. The van der Waals surface area contributed by atoms with Gasteiger partial charge in [0.2, 0.25) is 5.78 Å². The maximum Gasteiger partial charge on any atom is 0.312 e. The van der Waals surface area contributed by atoms with Crippen LogP contribution in [0.2, 0.25) is 0 Å². The average molecular weight is 346 g/mol. The van der Waals surface area contributed by atoms with E-state index in [1.807, 2.05) is 0 Å². The van der Waals surface area contributed by atoms with Gasteiger partial charge in [-0.05, 0) is 81.5 Å². The van der Waals surface area contributed by atoms with E-state index in [9.17, 15) is 19.1 Å². The first-order valence-corrected chi connectivity index (χ1v) is 9.02. The average Bonchev–Trinajstić information content (AvgIpc) is 2.52. The van der Waals surface area contributed by atoms with Gasteiger partial charge in [0.15, 0.2) is 6.10 Å². The van der Waals surface area contributed by atoms with Gasteiger partial charge in [-0.3, -0.25) is 9.59 Å². The molecule has 5 heteroatoms. The van der Waals surface area contributed by atoms with Crippen LogP contribution >= 0.6 is 0 Å². The van der Waals surface area contributed by atoms with Gasteiger partial charge >= 0.3 is 5.97 Å². The molecule has 0 saturated heterocycles. The number of hydrogen-bond acceptors (Lipinski definition) is 4. The van der Waals surface area contributed by atoms with Gasteiger partial charge in [-0.25, -0.2) is 4.39 Å². The number of halogens is 1. The molecule has 1 aromatic carbocycles. The minimum Gasteiger partial charge on any atom is -0.454 e. The molecule has 0 aromatic heterocycles. The van der Waals surface area contributed by atoms with Crippen LogP contribution in [0.25, 0.3) is 0 Å². The molecule has 4 aliphatic rings. The van der Waals surface area contributed by atoms with Gasteiger partial charge in [-0.2, -0.15) is 0 Å². The Labute approximate surface area is 146 Å². The van der Waals surface area contributed by atoms with Crippen LogP contribution in [0.15, 0.2) is 24.3 Å². The van der Waals surface area contributed by atoms with Crippen molar-refractivity contribution in [3.8, 4) is 0 Å². The third-order valence-electron chi connectivity index (χ3n) is 6.25. The summed E-state index contributed by atoms with van der Waals surface area (Å²) in [7, 11) is 0.